The lowest BCUT2D eigenvalue weighted by Gasteiger charge is -2.62. The predicted molar refractivity (Wildman–Crippen MR) is 117 cm³/mol. The van der Waals surface area contributed by atoms with Crippen LogP contribution in [0.3, 0.4) is 0 Å². The summed E-state index contributed by atoms with van der Waals surface area (Å²) in [6, 6.07) is 11.0. The lowest BCUT2D eigenvalue weighted by molar-refractivity contribution is -0.0697. The minimum Gasteiger partial charge on any atom is -0.351 e. The first-order valence-corrected chi connectivity index (χ1v) is 12.1. The molecule has 0 saturated heterocycles. The summed E-state index contributed by atoms with van der Waals surface area (Å²) in [5, 5.41) is 3.88. The Kier molecular flexibility index (Phi) is 4.18. The van der Waals surface area contributed by atoms with Crippen LogP contribution in [0.4, 0.5) is 0 Å². The molecule has 1 aromatic heterocycles. The summed E-state index contributed by atoms with van der Waals surface area (Å²) >= 11 is 1.57. The van der Waals surface area contributed by atoms with Crippen LogP contribution < -0.4 is 10.9 Å². The van der Waals surface area contributed by atoms with E-state index in [1.807, 2.05) is 0 Å². The number of benzene rings is 1. The number of nitrogens with zero attached hydrogens (tertiary/aromatic N) is 2. The van der Waals surface area contributed by atoms with E-state index in [1.165, 1.54) is 43.9 Å². The number of carbonyl (C=O) groups is 1. The molecular formula is C24H27N3O2S. The zero-order valence-electron chi connectivity index (χ0n) is 17.1. The fourth-order valence-electron chi connectivity index (χ4n) is 7.32. The number of hydrogen-bond acceptors (Lipinski definition) is 4. The first-order valence-electron chi connectivity index (χ1n) is 11.1. The Morgan fingerprint density at radius 2 is 1.93 bits per heavy atom. The monoisotopic (exact) mass is 421 g/mol. The highest BCUT2D eigenvalue weighted by atomic mass is 32.2. The number of fused-ring (bicyclic) bond motifs is 1. The highest BCUT2D eigenvalue weighted by Crippen LogP contribution is 2.65. The Hall–Kier alpha value is -2.08. The van der Waals surface area contributed by atoms with Gasteiger partial charge in [-0.05, 0) is 66.8 Å². The van der Waals surface area contributed by atoms with Crippen LogP contribution >= 0.6 is 11.8 Å². The van der Waals surface area contributed by atoms with Crippen molar-refractivity contribution < 1.29 is 4.79 Å². The molecule has 1 N–H and O–H groups in total. The number of nitrogens with one attached hydrogen (secondary N) is 1. The van der Waals surface area contributed by atoms with Gasteiger partial charge in [-0.15, -0.1) is 0 Å². The number of rotatable bonds is 4. The number of hydrogen-bond donors (Lipinski definition) is 1. The molecule has 5 nitrogen and oxygen atoms in total. The van der Waals surface area contributed by atoms with Crippen LogP contribution in [0.15, 0.2) is 46.5 Å². The van der Waals surface area contributed by atoms with Crippen molar-refractivity contribution in [1.29, 1.82) is 0 Å². The van der Waals surface area contributed by atoms with E-state index < -0.39 is 0 Å². The van der Waals surface area contributed by atoms with Gasteiger partial charge in [-0.1, -0.05) is 42.1 Å². The van der Waals surface area contributed by atoms with Gasteiger partial charge in [-0.2, -0.15) is 0 Å². The van der Waals surface area contributed by atoms with Gasteiger partial charge < -0.3 is 5.32 Å². The molecule has 156 valence electrons. The summed E-state index contributed by atoms with van der Waals surface area (Å²) in [5.74, 6) is 2.10. The summed E-state index contributed by atoms with van der Waals surface area (Å²) in [6.45, 7) is 1.31. The fourth-order valence-corrected chi connectivity index (χ4v) is 8.24. The standard InChI is InChI=1S/C24H27N3O2S/c28-20(19-13-25-22-27(21(19)29)6-7-30-22)26-15-23-9-16-8-17(10-23)12-24(11-16,14-23)18-4-2-1-3-5-18/h1-5,13,16-17H,6-12,14-15H2,(H,26,28)/t16-,17-,23?,24?/m1/s1. The van der Waals surface area contributed by atoms with E-state index in [4.69, 9.17) is 0 Å². The highest BCUT2D eigenvalue weighted by molar-refractivity contribution is 7.99. The van der Waals surface area contributed by atoms with E-state index >= 15 is 0 Å². The lowest BCUT2D eigenvalue weighted by Crippen LogP contribution is -2.57. The number of carbonyl (C=O) groups excluding carboxylic acids is 1. The molecule has 1 aliphatic heterocycles. The van der Waals surface area contributed by atoms with Crippen LogP contribution in [0.1, 0.15) is 54.4 Å². The van der Waals surface area contributed by atoms with E-state index in [1.54, 1.807) is 16.3 Å². The van der Waals surface area contributed by atoms with Gasteiger partial charge in [0.15, 0.2) is 5.16 Å². The van der Waals surface area contributed by atoms with Crippen LogP contribution in [0.2, 0.25) is 0 Å². The smallest absolute Gasteiger partial charge is 0.267 e. The molecule has 1 aromatic carbocycles. The van der Waals surface area contributed by atoms with Gasteiger partial charge in [-0.25, -0.2) is 4.98 Å². The Morgan fingerprint density at radius 1 is 1.17 bits per heavy atom. The van der Waals surface area contributed by atoms with Crippen molar-refractivity contribution in [3.05, 3.63) is 58.0 Å². The molecule has 0 radical (unpaired) electrons. The molecule has 5 aliphatic rings. The van der Waals surface area contributed by atoms with E-state index in [0.717, 1.165) is 29.2 Å². The minimum atomic E-state index is -0.260. The van der Waals surface area contributed by atoms with E-state index in [0.29, 0.717) is 13.1 Å². The van der Waals surface area contributed by atoms with Gasteiger partial charge in [0.05, 0.1) is 0 Å². The van der Waals surface area contributed by atoms with Crippen LogP contribution in [0, 0.1) is 17.3 Å². The molecule has 0 spiro atoms. The van der Waals surface area contributed by atoms with Crippen molar-refractivity contribution in [1.82, 2.24) is 14.9 Å². The maximum absolute atomic E-state index is 12.9. The molecule has 4 fully saturated rings. The molecule has 7 rings (SSSR count). The van der Waals surface area contributed by atoms with Gasteiger partial charge in [0.1, 0.15) is 5.56 Å². The fraction of sp³-hybridized carbons (Fsp3) is 0.542. The number of aromatic nitrogens is 2. The average Bonchev–Trinajstić information content (AvgIpc) is 3.22. The third kappa shape index (κ3) is 2.87. The molecule has 2 heterocycles. The Labute approximate surface area is 180 Å². The van der Waals surface area contributed by atoms with Crippen molar-refractivity contribution in [2.75, 3.05) is 12.3 Å². The van der Waals surface area contributed by atoms with Crippen molar-refractivity contribution in [2.45, 2.75) is 55.6 Å². The van der Waals surface area contributed by atoms with Crippen molar-refractivity contribution in [3.8, 4) is 0 Å². The third-order valence-corrected chi connectivity index (χ3v) is 8.96. The first kappa shape index (κ1) is 18.7. The van der Waals surface area contributed by atoms with Gasteiger partial charge >= 0.3 is 0 Å². The second-order valence-corrected chi connectivity index (χ2v) is 11.1. The molecule has 0 unspecified atom stereocenters. The maximum atomic E-state index is 12.9. The maximum Gasteiger partial charge on any atom is 0.267 e. The molecular weight excluding hydrogens is 394 g/mol. The Bertz CT molecular complexity index is 1050. The van der Waals surface area contributed by atoms with Crippen molar-refractivity contribution in [3.63, 3.8) is 0 Å². The van der Waals surface area contributed by atoms with Crippen LogP contribution in [-0.4, -0.2) is 27.8 Å². The summed E-state index contributed by atoms with van der Waals surface area (Å²) in [6.07, 6.45) is 8.95. The van der Waals surface area contributed by atoms with Gasteiger partial charge in [-0.3, -0.25) is 14.2 Å². The van der Waals surface area contributed by atoms with Gasteiger partial charge in [0.2, 0.25) is 0 Å². The molecule has 2 aromatic rings. The molecule has 2 atom stereocenters. The zero-order chi connectivity index (χ0) is 20.3. The summed E-state index contributed by atoms with van der Waals surface area (Å²) in [4.78, 5) is 30.0. The second-order valence-electron chi connectivity index (χ2n) is 10.0. The summed E-state index contributed by atoms with van der Waals surface area (Å²) < 4.78 is 1.63. The minimum absolute atomic E-state index is 0.159. The Morgan fingerprint density at radius 3 is 2.70 bits per heavy atom. The van der Waals surface area contributed by atoms with Crippen molar-refractivity contribution >= 4 is 17.7 Å². The SMILES string of the molecule is O=C(NCC12C[C@H]3C[C@H](C1)CC(c1ccccc1)(C3)C2)c1cnc2n(c1=O)CCS2. The number of amides is 1. The number of thioether (sulfide) groups is 1. The van der Waals surface area contributed by atoms with E-state index in [-0.39, 0.29) is 27.9 Å². The molecule has 4 saturated carbocycles. The van der Waals surface area contributed by atoms with Crippen LogP contribution in [0.25, 0.3) is 0 Å². The average molecular weight is 422 g/mol. The molecule has 30 heavy (non-hydrogen) atoms. The predicted octanol–water partition coefficient (Wildman–Crippen LogP) is 3.62. The quantitative estimate of drug-likeness (QED) is 0.766. The van der Waals surface area contributed by atoms with Gasteiger partial charge in [0.25, 0.3) is 11.5 Å². The molecule has 1 amide bonds. The zero-order valence-corrected chi connectivity index (χ0v) is 17.9. The van der Waals surface area contributed by atoms with Crippen LogP contribution in [-0.2, 0) is 12.0 Å². The molecule has 4 bridgehead atoms. The normalized spacial score (nSPS) is 33.5. The Balaban J connectivity index is 1.24. The topological polar surface area (TPSA) is 64.0 Å². The highest BCUT2D eigenvalue weighted by Gasteiger charge is 2.58. The molecule has 6 heteroatoms. The van der Waals surface area contributed by atoms with E-state index in [9.17, 15) is 9.59 Å². The first-order chi connectivity index (χ1) is 14.6. The second kappa shape index (κ2) is 6.71. The summed E-state index contributed by atoms with van der Waals surface area (Å²) in [7, 11) is 0. The molecule has 4 aliphatic carbocycles. The van der Waals surface area contributed by atoms with Crippen molar-refractivity contribution in [2.24, 2.45) is 17.3 Å². The largest absolute Gasteiger partial charge is 0.351 e. The van der Waals surface area contributed by atoms with Gasteiger partial charge in [0, 0.05) is 25.0 Å². The van der Waals surface area contributed by atoms with E-state index in [2.05, 4.69) is 40.6 Å². The van der Waals surface area contributed by atoms with Crippen LogP contribution in [0.5, 0.6) is 0 Å². The summed E-state index contributed by atoms with van der Waals surface area (Å²) in [5.41, 5.74) is 1.89. The lowest BCUT2D eigenvalue weighted by atomic mass is 9.43. The third-order valence-electron chi connectivity index (χ3n) is 7.99.